The fraction of sp³-hybridized carbons (Fsp3) is 0.278. The van der Waals surface area contributed by atoms with E-state index in [4.69, 9.17) is 16.7 Å². The maximum Gasteiger partial charge on any atom is 0.0747 e. The Morgan fingerprint density at radius 2 is 1.86 bits per heavy atom. The highest BCUT2D eigenvalue weighted by Gasteiger charge is 2.42. The second-order valence-electron chi connectivity index (χ2n) is 6.19. The molecule has 4 rings (SSSR count). The number of nitrogens with zero attached hydrogens (tertiary/aromatic N) is 2. The molecule has 0 N–H and O–H groups in total. The molecule has 0 saturated carbocycles. The number of hydrogen-bond acceptors (Lipinski definition) is 2. The fourth-order valence-corrected chi connectivity index (χ4v) is 3.57. The van der Waals surface area contributed by atoms with Crippen LogP contribution < -0.4 is 5.01 Å². The number of halogens is 1. The molecule has 1 heterocycles. The van der Waals surface area contributed by atoms with Gasteiger partial charge in [-0.05, 0) is 42.7 Å². The summed E-state index contributed by atoms with van der Waals surface area (Å²) in [7, 11) is 0. The quantitative estimate of drug-likeness (QED) is 0.755. The highest BCUT2D eigenvalue weighted by atomic mass is 35.5. The molecule has 0 bridgehead atoms. The number of rotatable bonds is 1. The van der Waals surface area contributed by atoms with Crippen LogP contribution in [0.25, 0.3) is 0 Å². The third-order valence-electron chi connectivity index (χ3n) is 4.65. The Morgan fingerprint density at radius 3 is 2.67 bits per heavy atom. The lowest BCUT2D eigenvalue weighted by atomic mass is 9.81. The van der Waals surface area contributed by atoms with Gasteiger partial charge in [0.25, 0.3) is 0 Å². The molecule has 0 saturated heterocycles. The van der Waals surface area contributed by atoms with Crippen LogP contribution in [0.4, 0.5) is 5.69 Å². The zero-order chi connectivity index (χ0) is 14.4. The average molecular weight is 297 g/mol. The summed E-state index contributed by atoms with van der Waals surface area (Å²) in [5.74, 6) is 0. The number of hydrogen-bond donors (Lipinski definition) is 0. The van der Waals surface area contributed by atoms with Crippen LogP contribution >= 0.6 is 11.6 Å². The number of fused-ring (bicyclic) bond motifs is 3. The van der Waals surface area contributed by atoms with Crippen molar-refractivity contribution in [2.45, 2.75) is 19.8 Å². The second kappa shape index (κ2) is 4.60. The molecule has 21 heavy (non-hydrogen) atoms. The maximum absolute atomic E-state index is 5.97. The summed E-state index contributed by atoms with van der Waals surface area (Å²) in [5.41, 5.74) is 5.28. The minimum absolute atomic E-state index is 0.187. The SMILES string of the molecule is CC12CCN(c3ccc(Cl)cc3)N=C1c1ccccc1C2. The normalized spacial score (nSPS) is 23.5. The standard InChI is InChI=1S/C18H17ClN2/c1-18-10-11-21(15-8-6-14(19)7-9-15)20-17(18)16-5-3-2-4-13(16)12-18/h2-9H,10-12H2,1H3. The van der Waals surface area contributed by atoms with Gasteiger partial charge < -0.3 is 0 Å². The molecule has 2 aliphatic rings. The van der Waals surface area contributed by atoms with Gasteiger partial charge in [-0.15, -0.1) is 0 Å². The van der Waals surface area contributed by atoms with Crippen LogP contribution in [0.2, 0.25) is 5.02 Å². The van der Waals surface area contributed by atoms with Crippen molar-refractivity contribution in [3.05, 3.63) is 64.7 Å². The van der Waals surface area contributed by atoms with E-state index in [-0.39, 0.29) is 5.41 Å². The second-order valence-corrected chi connectivity index (χ2v) is 6.63. The van der Waals surface area contributed by atoms with E-state index in [2.05, 4.69) is 36.2 Å². The molecule has 0 spiro atoms. The Labute approximate surface area is 130 Å². The zero-order valence-corrected chi connectivity index (χ0v) is 12.8. The van der Waals surface area contributed by atoms with Crippen molar-refractivity contribution >= 4 is 23.0 Å². The topological polar surface area (TPSA) is 15.6 Å². The number of anilines is 1. The molecule has 0 amide bonds. The van der Waals surface area contributed by atoms with Crippen molar-refractivity contribution in [3.8, 4) is 0 Å². The first-order valence-corrected chi connectivity index (χ1v) is 7.74. The van der Waals surface area contributed by atoms with Crippen molar-refractivity contribution in [1.82, 2.24) is 0 Å². The molecule has 0 aromatic heterocycles. The predicted octanol–water partition coefficient (Wildman–Crippen LogP) is 4.52. The first-order chi connectivity index (χ1) is 10.2. The molecule has 106 valence electrons. The van der Waals surface area contributed by atoms with Crippen LogP contribution in [0.1, 0.15) is 24.5 Å². The molecular formula is C18H17ClN2. The summed E-state index contributed by atoms with van der Waals surface area (Å²) < 4.78 is 0. The average Bonchev–Trinajstić information content (AvgIpc) is 2.79. The summed E-state index contributed by atoms with van der Waals surface area (Å²) in [6, 6.07) is 16.6. The lowest BCUT2D eigenvalue weighted by Gasteiger charge is -2.34. The van der Waals surface area contributed by atoms with Crippen molar-refractivity contribution in [2.24, 2.45) is 10.5 Å². The van der Waals surface area contributed by atoms with Gasteiger partial charge in [0.15, 0.2) is 0 Å². The van der Waals surface area contributed by atoms with Crippen LogP contribution in [0.15, 0.2) is 53.6 Å². The van der Waals surface area contributed by atoms with E-state index in [1.165, 1.54) is 16.8 Å². The van der Waals surface area contributed by atoms with E-state index in [1.54, 1.807) is 0 Å². The number of hydrazone groups is 1. The van der Waals surface area contributed by atoms with E-state index in [1.807, 2.05) is 24.3 Å². The Bertz CT molecular complexity index is 720. The molecule has 0 fully saturated rings. The summed E-state index contributed by atoms with van der Waals surface area (Å²) in [4.78, 5) is 0. The molecule has 2 aromatic rings. The van der Waals surface area contributed by atoms with Crippen LogP contribution in [0.3, 0.4) is 0 Å². The van der Waals surface area contributed by atoms with Crippen molar-refractivity contribution in [2.75, 3.05) is 11.6 Å². The third kappa shape index (κ3) is 2.06. The largest absolute Gasteiger partial charge is 0.265 e. The van der Waals surface area contributed by atoms with Gasteiger partial charge in [0.05, 0.1) is 11.4 Å². The van der Waals surface area contributed by atoms with Crippen molar-refractivity contribution in [1.29, 1.82) is 0 Å². The van der Waals surface area contributed by atoms with Gasteiger partial charge in [-0.2, -0.15) is 5.10 Å². The van der Waals surface area contributed by atoms with Crippen LogP contribution in [0, 0.1) is 5.41 Å². The summed E-state index contributed by atoms with van der Waals surface area (Å²) in [6.07, 6.45) is 2.24. The molecule has 1 unspecified atom stereocenters. The van der Waals surface area contributed by atoms with Crippen LogP contribution in [0.5, 0.6) is 0 Å². The van der Waals surface area contributed by atoms with Crippen molar-refractivity contribution in [3.63, 3.8) is 0 Å². The molecule has 2 nitrogen and oxygen atoms in total. The van der Waals surface area contributed by atoms with E-state index >= 15 is 0 Å². The van der Waals surface area contributed by atoms with E-state index in [0.29, 0.717) is 0 Å². The maximum atomic E-state index is 5.97. The van der Waals surface area contributed by atoms with Crippen LogP contribution in [-0.4, -0.2) is 12.3 Å². The van der Waals surface area contributed by atoms with Crippen LogP contribution in [-0.2, 0) is 6.42 Å². The smallest absolute Gasteiger partial charge is 0.0747 e. The minimum atomic E-state index is 0.187. The van der Waals surface area contributed by atoms with Gasteiger partial charge in [-0.1, -0.05) is 42.8 Å². The van der Waals surface area contributed by atoms with Crippen molar-refractivity contribution < 1.29 is 0 Å². The Morgan fingerprint density at radius 1 is 1.10 bits per heavy atom. The first kappa shape index (κ1) is 12.9. The van der Waals surface area contributed by atoms with Gasteiger partial charge >= 0.3 is 0 Å². The fourth-order valence-electron chi connectivity index (χ4n) is 3.44. The zero-order valence-electron chi connectivity index (χ0n) is 12.0. The molecule has 1 atom stereocenters. The summed E-state index contributed by atoms with van der Waals surface area (Å²) in [5, 5.41) is 7.83. The molecule has 0 radical (unpaired) electrons. The van der Waals surface area contributed by atoms with E-state index in [0.717, 1.165) is 30.1 Å². The molecule has 3 heteroatoms. The molecular weight excluding hydrogens is 280 g/mol. The van der Waals surface area contributed by atoms with Gasteiger partial charge in [-0.25, -0.2) is 0 Å². The monoisotopic (exact) mass is 296 g/mol. The Balaban J connectivity index is 1.77. The summed E-state index contributed by atoms with van der Waals surface area (Å²) in [6.45, 7) is 3.29. The number of benzene rings is 2. The van der Waals surface area contributed by atoms with E-state index < -0.39 is 0 Å². The Hall–Kier alpha value is -1.80. The predicted molar refractivity (Wildman–Crippen MR) is 88.2 cm³/mol. The molecule has 1 aliphatic heterocycles. The van der Waals surface area contributed by atoms with Gasteiger partial charge in [-0.3, -0.25) is 5.01 Å². The third-order valence-corrected chi connectivity index (χ3v) is 4.90. The summed E-state index contributed by atoms with van der Waals surface area (Å²) >= 11 is 5.97. The molecule has 2 aromatic carbocycles. The lowest BCUT2D eigenvalue weighted by Crippen LogP contribution is -2.37. The van der Waals surface area contributed by atoms with Gasteiger partial charge in [0.1, 0.15) is 0 Å². The van der Waals surface area contributed by atoms with Gasteiger partial charge in [0, 0.05) is 22.5 Å². The Kier molecular flexibility index (Phi) is 2.83. The van der Waals surface area contributed by atoms with Gasteiger partial charge in [0.2, 0.25) is 0 Å². The van der Waals surface area contributed by atoms with E-state index in [9.17, 15) is 0 Å². The lowest BCUT2D eigenvalue weighted by molar-refractivity contribution is 0.420. The first-order valence-electron chi connectivity index (χ1n) is 7.36. The minimum Gasteiger partial charge on any atom is -0.265 e. The highest BCUT2D eigenvalue weighted by Crippen LogP contribution is 2.43. The highest BCUT2D eigenvalue weighted by molar-refractivity contribution is 6.30. The molecule has 1 aliphatic carbocycles.